The van der Waals surface area contributed by atoms with Crippen LogP contribution in [0.2, 0.25) is 0 Å². The lowest BCUT2D eigenvalue weighted by Crippen LogP contribution is -2.41. The molecular formula is C14H21N3O2. The first-order valence-corrected chi connectivity index (χ1v) is 6.92. The lowest BCUT2D eigenvalue weighted by atomic mass is 10.1. The number of H-pyrrole nitrogens is 1. The van der Waals surface area contributed by atoms with Crippen LogP contribution in [0.15, 0.2) is 23.1 Å². The Hall–Kier alpha value is -1.62. The van der Waals surface area contributed by atoms with Crippen LogP contribution in [0.3, 0.4) is 0 Å². The summed E-state index contributed by atoms with van der Waals surface area (Å²) in [5.41, 5.74) is 0.233. The monoisotopic (exact) mass is 263 g/mol. The molecule has 104 valence electrons. The van der Waals surface area contributed by atoms with E-state index in [-0.39, 0.29) is 11.5 Å². The average molecular weight is 263 g/mol. The number of carbonyl (C=O) groups excluding carboxylic acids is 1. The smallest absolute Gasteiger partial charge is 0.254 e. The van der Waals surface area contributed by atoms with Crippen LogP contribution >= 0.6 is 0 Å². The van der Waals surface area contributed by atoms with Gasteiger partial charge in [0.25, 0.3) is 5.91 Å². The van der Waals surface area contributed by atoms with Gasteiger partial charge in [-0.05, 0) is 31.9 Å². The zero-order valence-electron chi connectivity index (χ0n) is 11.3. The number of rotatable bonds is 5. The highest BCUT2D eigenvalue weighted by Gasteiger charge is 2.21. The fraction of sp³-hybridized carbons (Fsp3) is 0.571. The molecule has 0 saturated carbocycles. The normalized spacial score (nSPS) is 18.5. The first-order chi connectivity index (χ1) is 9.20. The van der Waals surface area contributed by atoms with Crippen LogP contribution in [0, 0.1) is 0 Å². The molecule has 0 aromatic carbocycles. The molecule has 19 heavy (non-hydrogen) atoms. The number of aromatic nitrogens is 1. The van der Waals surface area contributed by atoms with E-state index in [4.69, 9.17) is 0 Å². The van der Waals surface area contributed by atoms with E-state index in [1.165, 1.54) is 18.7 Å². The molecule has 1 aromatic heterocycles. The first kappa shape index (κ1) is 13.8. The van der Waals surface area contributed by atoms with E-state index >= 15 is 0 Å². The van der Waals surface area contributed by atoms with Crippen LogP contribution in [0.4, 0.5) is 0 Å². The van der Waals surface area contributed by atoms with Gasteiger partial charge in [0.15, 0.2) is 0 Å². The number of amides is 1. The summed E-state index contributed by atoms with van der Waals surface area (Å²) in [6.07, 6.45) is 4.72. The van der Waals surface area contributed by atoms with E-state index < -0.39 is 0 Å². The Bertz CT molecular complexity index is 478. The average Bonchev–Trinajstić information content (AvgIpc) is 2.90. The van der Waals surface area contributed by atoms with Crippen molar-refractivity contribution in [3.8, 4) is 0 Å². The second-order valence-corrected chi connectivity index (χ2v) is 4.99. The van der Waals surface area contributed by atoms with Crippen LogP contribution in [-0.2, 0) is 0 Å². The Kier molecular flexibility index (Phi) is 4.74. The minimum absolute atomic E-state index is 0.0540. The number of hydrogen-bond donors (Lipinski definition) is 2. The maximum atomic E-state index is 12.4. The van der Waals surface area contributed by atoms with Crippen LogP contribution in [0.25, 0.3) is 0 Å². The molecule has 1 amide bonds. The number of hydrogen-bond acceptors (Lipinski definition) is 3. The summed E-state index contributed by atoms with van der Waals surface area (Å²) in [5, 5.41) is 3.40. The summed E-state index contributed by atoms with van der Waals surface area (Å²) < 4.78 is 0. The van der Waals surface area contributed by atoms with Crippen molar-refractivity contribution in [1.82, 2.24) is 15.2 Å². The molecule has 0 bridgehead atoms. The third-order valence-electron chi connectivity index (χ3n) is 3.41. The zero-order valence-corrected chi connectivity index (χ0v) is 11.3. The lowest BCUT2D eigenvalue weighted by Gasteiger charge is -2.25. The van der Waals surface area contributed by atoms with Gasteiger partial charge in [-0.25, -0.2) is 0 Å². The molecule has 1 atom stereocenters. The molecule has 2 rings (SSSR count). The topological polar surface area (TPSA) is 65.2 Å². The lowest BCUT2D eigenvalue weighted by molar-refractivity contribution is 0.0741. The summed E-state index contributed by atoms with van der Waals surface area (Å²) in [5.74, 6) is -0.0540. The number of nitrogens with one attached hydrogen (secondary N) is 2. The van der Waals surface area contributed by atoms with E-state index in [1.807, 2.05) is 4.90 Å². The highest BCUT2D eigenvalue weighted by atomic mass is 16.2. The molecule has 5 heteroatoms. The third kappa shape index (κ3) is 3.67. The van der Waals surface area contributed by atoms with E-state index in [1.54, 1.807) is 6.07 Å². The largest absolute Gasteiger partial charge is 0.337 e. The van der Waals surface area contributed by atoms with Crippen molar-refractivity contribution in [1.29, 1.82) is 0 Å². The maximum Gasteiger partial charge on any atom is 0.254 e. The molecule has 0 radical (unpaired) electrons. The van der Waals surface area contributed by atoms with Gasteiger partial charge in [0, 0.05) is 37.0 Å². The van der Waals surface area contributed by atoms with Crippen molar-refractivity contribution in [2.24, 2.45) is 0 Å². The molecular weight excluding hydrogens is 242 g/mol. The molecule has 2 heterocycles. The third-order valence-corrected chi connectivity index (χ3v) is 3.41. The predicted octanol–water partition coefficient (Wildman–Crippen LogP) is 0.979. The summed E-state index contributed by atoms with van der Waals surface area (Å²) in [6, 6.07) is 3.42. The van der Waals surface area contributed by atoms with E-state index in [0.717, 1.165) is 32.5 Å². The van der Waals surface area contributed by atoms with E-state index in [9.17, 15) is 9.59 Å². The molecule has 0 aliphatic carbocycles. The van der Waals surface area contributed by atoms with Gasteiger partial charge >= 0.3 is 0 Å². The van der Waals surface area contributed by atoms with Gasteiger partial charge in [-0.2, -0.15) is 0 Å². The Morgan fingerprint density at radius 3 is 3.00 bits per heavy atom. The summed E-state index contributed by atoms with van der Waals surface area (Å²) in [4.78, 5) is 28.1. The standard InChI is InChI=1S/C14H21N3O2/c1-2-8-17(10-12-4-3-6-15-12)14(19)11-5-7-16-13(18)9-11/h5,7,9,12,15H,2-4,6,8,10H2,1H3,(H,16,18). The molecule has 1 saturated heterocycles. The van der Waals surface area contributed by atoms with Gasteiger partial charge < -0.3 is 15.2 Å². The Balaban J connectivity index is 2.08. The second-order valence-electron chi connectivity index (χ2n) is 4.99. The SMILES string of the molecule is CCCN(CC1CCCN1)C(=O)c1cc[nH]c(=O)c1. The molecule has 1 fully saturated rings. The minimum atomic E-state index is -0.235. The number of pyridine rings is 1. The number of carbonyl (C=O) groups is 1. The summed E-state index contributed by atoms with van der Waals surface area (Å²) in [6.45, 7) is 4.53. The number of nitrogens with zero attached hydrogens (tertiary/aromatic N) is 1. The van der Waals surface area contributed by atoms with Gasteiger partial charge in [-0.3, -0.25) is 9.59 Å². The van der Waals surface area contributed by atoms with Crippen molar-refractivity contribution < 1.29 is 4.79 Å². The highest BCUT2D eigenvalue weighted by molar-refractivity contribution is 5.94. The molecule has 5 nitrogen and oxygen atoms in total. The quantitative estimate of drug-likeness (QED) is 0.832. The molecule has 0 spiro atoms. The fourth-order valence-corrected chi connectivity index (χ4v) is 2.48. The molecule has 1 aromatic rings. The van der Waals surface area contributed by atoms with Gasteiger partial charge in [0.05, 0.1) is 0 Å². The summed E-state index contributed by atoms with van der Waals surface area (Å²) in [7, 11) is 0. The maximum absolute atomic E-state index is 12.4. The second kappa shape index (κ2) is 6.52. The Labute approximate surface area is 113 Å². The van der Waals surface area contributed by atoms with Crippen molar-refractivity contribution >= 4 is 5.91 Å². The zero-order chi connectivity index (χ0) is 13.7. The van der Waals surface area contributed by atoms with Gasteiger partial charge in [0.2, 0.25) is 5.56 Å². The highest BCUT2D eigenvalue weighted by Crippen LogP contribution is 2.10. The first-order valence-electron chi connectivity index (χ1n) is 6.92. The van der Waals surface area contributed by atoms with Crippen LogP contribution in [0.5, 0.6) is 0 Å². The molecule has 1 aliphatic rings. The Morgan fingerprint density at radius 1 is 1.53 bits per heavy atom. The molecule has 1 aliphatic heterocycles. The predicted molar refractivity (Wildman–Crippen MR) is 74.3 cm³/mol. The van der Waals surface area contributed by atoms with Crippen molar-refractivity contribution in [3.63, 3.8) is 0 Å². The Morgan fingerprint density at radius 2 is 2.37 bits per heavy atom. The van der Waals surface area contributed by atoms with Gasteiger partial charge in [-0.15, -0.1) is 0 Å². The van der Waals surface area contributed by atoms with E-state index in [2.05, 4.69) is 17.2 Å². The van der Waals surface area contributed by atoms with E-state index in [0.29, 0.717) is 11.6 Å². The van der Waals surface area contributed by atoms with Crippen LogP contribution < -0.4 is 10.9 Å². The summed E-state index contributed by atoms with van der Waals surface area (Å²) >= 11 is 0. The van der Waals surface area contributed by atoms with Crippen molar-refractivity contribution in [2.75, 3.05) is 19.6 Å². The van der Waals surface area contributed by atoms with Crippen LogP contribution in [-0.4, -0.2) is 41.5 Å². The van der Waals surface area contributed by atoms with Crippen LogP contribution in [0.1, 0.15) is 36.5 Å². The van der Waals surface area contributed by atoms with Gasteiger partial charge in [0.1, 0.15) is 0 Å². The fourth-order valence-electron chi connectivity index (χ4n) is 2.48. The minimum Gasteiger partial charge on any atom is -0.337 e. The molecule has 2 N–H and O–H groups in total. The number of aromatic amines is 1. The van der Waals surface area contributed by atoms with Gasteiger partial charge in [-0.1, -0.05) is 6.92 Å². The van der Waals surface area contributed by atoms with Crippen molar-refractivity contribution in [2.45, 2.75) is 32.2 Å². The molecule has 1 unspecified atom stereocenters. The van der Waals surface area contributed by atoms with Crippen molar-refractivity contribution in [3.05, 3.63) is 34.2 Å².